The number of benzene rings is 2. The maximum atomic E-state index is 13.2. The molecular formula is C21H19F3N3O2+. The molecule has 4 aromatic rings. The minimum absolute atomic E-state index is 0.329. The minimum Gasteiger partial charge on any atom is -0.378 e. The number of fused-ring (bicyclic) bond motifs is 3. The normalized spacial score (nSPS) is 12.2. The zero-order valence-corrected chi connectivity index (χ0v) is 15.9. The average molecular weight is 402 g/mol. The molecule has 8 heteroatoms. The van der Waals surface area contributed by atoms with Crippen molar-refractivity contribution in [1.82, 2.24) is 9.78 Å². The fourth-order valence-corrected chi connectivity index (χ4v) is 3.64. The number of aryl methyl sites for hydroxylation is 1. The molecule has 1 N–H and O–H groups in total. The van der Waals surface area contributed by atoms with Crippen LogP contribution in [0.3, 0.4) is 0 Å². The van der Waals surface area contributed by atoms with Crippen LogP contribution in [0, 0.1) is 6.92 Å². The van der Waals surface area contributed by atoms with Gasteiger partial charge in [0.2, 0.25) is 0 Å². The van der Waals surface area contributed by atoms with E-state index < -0.39 is 11.7 Å². The Morgan fingerprint density at radius 3 is 2.34 bits per heavy atom. The molecule has 29 heavy (non-hydrogen) atoms. The number of pyridine rings is 1. The minimum atomic E-state index is -4.43. The van der Waals surface area contributed by atoms with Gasteiger partial charge in [0.25, 0.3) is 5.52 Å². The van der Waals surface area contributed by atoms with Gasteiger partial charge in [-0.15, -0.1) is 0 Å². The molecule has 0 atom stereocenters. The van der Waals surface area contributed by atoms with E-state index in [-0.39, 0.29) is 5.56 Å². The molecule has 0 saturated carbocycles. The molecule has 0 spiro atoms. The molecule has 0 fully saturated rings. The summed E-state index contributed by atoms with van der Waals surface area (Å²) >= 11 is 0. The molecule has 0 aliphatic carbocycles. The fraction of sp³-hybridized carbons (Fsp3) is 0.238. The Morgan fingerprint density at radius 2 is 1.72 bits per heavy atom. The van der Waals surface area contributed by atoms with Crippen molar-refractivity contribution in [1.29, 1.82) is 0 Å². The molecule has 0 unspecified atom stereocenters. The van der Waals surface area contributed by atoms with Crippen LogP contribution in [0.5, 0.6) is 0 Å². The molecule has 0 amide bonds. The van der Waals surface area contributed by atoms with Crippen LogP contribution in [0.4, 0.5) is 13.2 Å². The zero-order chi connectivity index (χ0) is 20.8. The first-order chi connectivity index (χ1) is 13.8. The molecule has 0 bridgehead atoms. The lowest BCUT2D eigenvalue weighted by atomic mass is 10.1. The number of ether oxygens (including phenoxy) is 1. The summed E-state index contributed by atoms with van der Waals surface area (Å²) < 4.78 is 47.0. The predicted octanol–water partition coefficient (Wildman–Crippen LogP) is 3.73. The molecule has 2 heterocycles. The number of methoxy groups -OCH3 is 1. The maximum absolute atomic E-state index is 13.2. The lowest BCUT2D eigenvalue weighted by Gasteiger charge is -2.07. The second-order valence-corrected chi connectivity index (χ2v) is 6.80. The zero-order valence-electron chi connectivity index (χ0n) is 15.9. The molecule has 4 rings (SSSR count). The predicted molar refractivity (Wildman–Crippen MR) is 103 cm³/mol. The van der Waals surface area contributed by atoms with E-state index in [9.17, 15) is 18.0 Å². The largest absolute Gasteiger partial charge is 0.416 e. The van der Waals surface area contributed by atoms with E-state index in [0.717, 1.165) is 28.6 Å². The number of alkyl halides is 3. The van der Waals surface area contributed by atoms with Crippen molar-refractivity contribution in [3.63, 3.8) is 0 Å². The molecule has 2 aromatic heterocycles. The van der Waals surface area contributed by atoms with Gasteiger partial charge in [0.15, 0.2) is 12.2 Å². The van der Waals surface area contributed by atoms with Crippen LogP contribution >= 0.6 is 0 Å². The molecule has 150 valence electrons. The van der Waals surface area contributed by atoms with Crippen LogP contribution in [0.15, 0.2) is 53.3 Å². The summed E-state index contributed by atoms with van der Waals surface area (Å²) in [5, 5.41) is 4.94. The van der Waals surface area contributed by atoms with E-state index in [0.29, 0.717) is 29.9 Å². The van der Waals surface area contributed by atoms with Gasteiger partial charge < -0.3 is 4.74 Å². The van der Waals surface area contributed by atoms with Gasteiger partial charge in [0.1, 0.15) is 12.1 Å². The van der Waals surface area contributed by atoms with Crippen LogP contribution < -0.4 is 10.1 Å². The SMILES string of the molecule is COCC[n+]1c(C)c2ccccc2c2[nH]n(-c3ccc(C(F)(F)F)cc3)c(=O)c21. The topological polar surface area (TPSA) is 50.9 Å². The van der Waals surface area contributed by atoms with Crippen LogP contribution in [0.1, 0.15) is 11.3 Å². The molecular weight excluding hydrogens is 383 g/mol. The second kappa shape index (κ2) is 7.04. The Morgan fingerprint density at radius 1 is 1.07 bits per heavy atom. The number of hydrogen-bond donors (Lipinski definition) is 1. The van der Waals surface area contributed by atoms with Crippen molar-refractivity contribution in [2.75, 3.05) is 13.7 Å². The monoisotopic (exact) mass is 402 g/mol. The summed E-state index contributed by atoms with van der Waals surface area (Å²) in [5.41, 5.74) is 1.25. The van der Waals surface area contributed by atoms with Gasteiger partial charge in [-0.2, -0.15) is 17.7 Å². The highest BCUT2D eigenvalue weighted by Crippen LogP contribution is 2.29. The van der Waals surface area contributed by atoms with Crippen molar-refractivity contribution in [3.8, 4) is 5.69 Å². The van der Waals surface area contributed by atoms with E-state index in [1.807, 2.05) is 35.8 Å². The maximum Gasteiger partial charge on any atom is 0.416 e. The number of hydrogen-bond acceptors (Lipinski definition) is 2. The third-order valence-corrected chi connectivity index (χ3v) is 5.10. The van der Waals surface area contributed by atoms with Gasteiger partial charge >= 0.3 is 11.7 Å². The van der Waals surface area contributed by atoms with Crippen LogP contribution in [-0.2, 0) is 17.5 Å². The Bertz CT molecular complexity index is 1250. The molecule has 0 radical (unpaired) electrons. The number of halogens is 3. The summed E-state index contributed by atoms with van der Waals surface area (Å²) in [6, 6.07) is 12.2. The van der Waals surface area contributed by atoms with Gasteiger partial charge in [0.05, 0.1) is 16.6 Å². The van der Waals surface area contributed by atoms with Crippen molar-refractivity contribution < 1.29 is 22.5 Å². The quantitative estimate of drug-likeness (QED) is 0.529. The number of nitrogens with one attached hydrogen (secondary N) is 1. The highest BCUT2D eigenvalue weighted by molar-refractivity contribution is 6.02. The lowest BCUT2D eigenvalue weighted by molar-refractivity contribution is -0.678. The standard InChI is InChI=1S/C21H18F3N3O2/c1-13-16-5-3-4-6-17(16)18-19(26(13)11-12-29-2)20(28)27(25-18)15-9-7-14(8-10-15)21(22,23)24/h3-10H,11-12H2,1-2H3/p+1. The Balaban J connectivity index is 1.99. The average Bonchev–Trinajstić information content (AvgIpc) is 3.05. The number of nitrogens with zero attached hydrogens (tertiary/aromatic N) is 2. The second-order valence-electron chi connectivity index (χ2n) is 6.80. The summed E-state index contributed by atoms with van der Waals surface area (Å²) in [5.74, 6) is 0. The van der Waals surface area contributed by atoms with E-state index >= 15 is 0 Å². The Kier molecular flexibility index (Phi) is 4.66. The molecule has 0 aliphatic heterocycles. The van der Waals surface area contributed by atoms with Gasteiger partial charge in [0, 0.05) is 19.4 Å². The van der Waals surface area contributed by atoms with Gasteiger partial charge in [-0.25, -0.2) is 4.68 Å². The fourth-order valence-electron chi connectivity index (χ4n) is 3.64. The third kappa shape index (κ3) is 3.19. The van der Waals surface area contributed by atoms with Crippen LogP contribution in [-0.4, -0.2) is 23.5 Å². The number of aromatic amines is 1. The Hall–Kier alpha value is -3.13. The van der Waals surface area contributed by atoms with Gasteiger partial charge in [-0.05, 0) is 30.3 Å². The van der Waals surface area contributed by atoms with Crippen molar-refractivity contribution in [2.24, 2.45) is 0 Å². The van der Waals surface area contributed by atoms with Crippen LogP contribution in [0.2, 0.25) is 0 Å². The summed E-state index contributed by atoms with van der Waals surface area (Å²) in [4.78, 5) is 13.2. The van der Waals surface area contributed by atoms with E-state index in [1.54, 1.807) is 7.11 Å². The van der Waals surface area contributed by atoms with E-state index in [4.69, 9.17) is 4.74 Å². The third-order valence-electron chi connectivity index (χ3n) is 5.10. The molecule has 2 aromatic carbocycles. The molecule has 0 aliphatic rings. The number of aromatic nitrogens is 3. The molecule has 0 saturated heterocycles. The first-order valence-corrected chi connectivity index (χ1v) is 9.05. The van der Waals surface area contributed by atoms with Crippen molar-refractivity contribution in [3.05, 3.63) is 70.1 Å². The first-order valence-electron chi connectivity index (χ1n) is 9.05. The molecule has 5 nitrogen and oxygen atoms in total. The van der Waals surface area contributed by atoms with E-state index in [2.05, 4.69) is 5.10 Å². The Labute approximate surface area is 163 Å². The first kappa shape index (κ1) is 19.2. The summed E-state index contributed by atoms with van der Waals surface area (Å²) in [6.45, 7) is 2.83. The highest BCUT2D eigenvalue weighted by atomic mass is 19.4. The number of H-pyrrole nitrogens is 1. The van der Waals surface area contributed by atoms with E-state index in [1.165, 1.54) is 16.8 Å². The lowest BCUT2D eigenvalue weighted by Crippen LogP contribution is -2.43. The summed E-state index contributed by atoms with van der Waals surface area (Å²) in [7, 11) is 1.59. The highest BCUT2D eigenvalue weighted by Gasteiger charge is 2.30. The van der Waals surface area contributed by atoms with Crippen LogP contribution in [0.25, 0.3) is 27.5 Å². The van der Waals surface area contributed by atoms with Gasteiger partial charge in [-0.1, -0.05) is 18.2 Å². The van der Waals surface area contributed by atoms with Crippen molar-refractivity contribution in [2.45, 2.75) is 19.6 Å². The van der Waals surface area contributed by atoms with Gasteiger partial charge in [-0.3, -0.25) is 9.89 Å². The van der Waals surface area contributed by atoms with Crippen molar-refractivity contribution >= 4 is 21.8 Å². The smallest absolute Gasteiger partial charge is 0.378 e. The number of rotatable bonds is 4. The summed E-state index contributed by atoms with van der Waals surface area (Å²) in [6.07, 6.45) is -4.43.